The van der Waals surface area contributed by atoms with Crippen LogP contribution in [-0.4, -0.2) is 4.98 Å². The molecule has 47 heavy (non-hydrogen) atoms. The quantitative estimate of drug-likeness (QED) is 0.185. The van der Waals surface area contributed by atoms with Crippen LogP contribution in [0.5, 0.6) is 0 Å². The van der Waals surface area contributed by atoms with Crippen molar-refractivity contribution in [1.29, 1.82) is 0 Å². The van der Waals surface area contributed by atoms with E-state index < -0.39 is 0 Å². The highest BCUT2D eigenvalue weighted by Crippen LogP contribution is 2.45. The van der Waals surface area contributed by atoms with E-state index in [1.165, 1.54) is 0 Å². The maximum Gasteiger partial charge on any atom is 0.147 e. The van der Waals surface area contributed by atoms with Crippen molar-refractivity contribution in [2.75, 3.05) is 0 Å². The van der Waals surface area contributed by atoms with Crippen LogP contribution in [0, 0.1) is 0 Å². The minimum absolute atomic E-state index is 0.826. The van der Waals surface area contributed by atoms with Crippen LogP contribution in [0.4, 0.5) is 0 Å². The van der Waals surface area contributed by atoms with E-state index in [9.17, 15) is 0 Å². The molecule has 0 saturated carbocycles. The first kappa shape index (κ1) is 24.9. The third-order valence-corrected chi connectivity index (χ3v) is 9.67. The Labute approximate surface area is 267 Å². The highest BCUT2D eigenvalue weighted by molar-refractivity contribution is 6.25. The van der Waals surface area contributed by atoms with Gasteiger partial charge in [-0.15, -0.1) is 0 Å². The lowest BCUT2D eigenvalue weighted by Gasteiger charge is -2.11. The summed E-state index contributed by atoms with van der Waals surface area (Å²) in [5.41, 5.74) is 10.0. The third-order valence-electron chi connectivity index (χ3n) is 9.67. The second-order valence-corrected chi connectivity index (χ2v) is 12.2. The van der Waals surface area contributed by atoms with Crippen LogP contribution < -0.4 is 0 Å². The van der Waals surface area contributed by atoms with Crippen molar-refractivity contribution >= 4 is 87.5 Å². The molecule has 0 aliphatic carbocycles. The molecule has 0 saturated heterocycles. The summed E-state index contributed by atoms with van der Waals surface area (Å²) in [6.07, 6.45) is 0. The first-order valence-corrected chi connectivity index (χ1v) is 15.8. The Morgan fingerprint density at radius 1 is 0.362 bits per heavy atom. The van der Waals surface area contributed by atoms with Crippen molar-refractivity contribution < 1.29 is 13.3 Å². The largest absolute Gasteiger partial charge is 0.455 e. The lowest BCUT2D eigenvalue weighted by Crippen LogP contribution is -1.90. The van der Waals surface area contributed by atoms with E-state index in [1.807, 2.05) is 42.5 Å². The second-order valence-electron chi connectivity index (χ2n) is 12.2. The molecule has 218 valence electrons. The van der Waals surface area contributed by atoms with Crippen molar-refractivity contribution in [3.05, 3.63) is 140 Å². The fraction of sp³-hybridized carbons (Fsp3) is 0. The molecule has 0 fully saturated rings. The molecule has 0 spiro atoms. The Morgan fingerprint density at radius 2 is 0.851 bits per heavy atom. The number of fused-ring (bicyclic) bond motifs is 13. The van der Waals surface area contributed by atoms with Gasteiger partial charge in [-0.2, -0.15) is 0 Å². The van der Waals surface area contributed by atoms with E-state index >= 15 is 0 Å². The van der Waals surface area contributed by atoms with E-state index in [0.717, 1.165) is 110 Å². The molecule has 0 aliphatic rings. The fourth-order valence-electron chi connectivity index (χ4n) is 7.53. The molecule has 4 aromatic heterocycles. The lowest BCUT2D eigenvalue weighted by molar-refractivity contribution is 0.658. The molecule has 0 N–H and O–H groups in total. The first-order chi connectivity index (χ1) is 23.3. The Balaban J connectivity index is 1.17. The molecule has 11 rings (SSSR count). The molecule has 0 bridgehead atoms. The van der Waals surface area contributed by atoms with Crippen molar-refractivity contribution in [3.8, 4) is 22.4 Å². The topological polar surface area (TPSA) is 52.3 Å². The summed E-state index contributed by atoms with van der Waals surface area (Å²) in [4.78, 5) is 5.22. The maximum absolute atomic E-state index is 6.55. The van der Waals surface area contributed by atoms with Crippen LogP contribution in [0.25, 0.3) is 110 Å². The summed E-state index contributed by atoms with van der Waals surface area (Å²) in [5.74, 6) is 0. The molecule has 7 aromatic carbocycles. The number of hydrogen-bond acceptors (Lipinski definition) is 4. The molecular weight excluding hydrogens is 578 g/mol. The third kappa shape index (κ3) is 3.39. The molecule has 0 amide bonds. The molecule has 0 atom stereocenters. The summed E-state index contributed by atoms with van der Waals surface area (Å²) >= 11 is 0. The first-order valence-electron chi connectivity index (χ1n) is 15.8. The van der Waals surface area contributed by atoms with E-state index in [2.05, 4.69) is 97.1 Å². The summed E-state index contributed by atoms with van der Waals surface area (Å²) in [6, 6.07) is 48.2. The number of furan rings is 3. The zero-order valence-corrected chi connectivity index (χ0v) is 25.0. The Kier molecular flexibility index (Phi) is 4.81. The smallest absolute Gasteiger partial charge is 0.147 e. The van der Waals surface area contributed by atoms with E-state index in [0.29, 0.717) is 0 Å². The van der Waals surface area contributed by atoms with Gasteiger partial charge in [0.1, 0.15) is 33.5 Å². The minimum Gasteiger partial charge on any atom is -0.455 e. The van der Waals surface area contributed by atoms with Gasteiger partial charge < -0.3 is 13.3 Å². The number of hydrogen-bond donors (Lipinski definition) is 0. The van der Waals surface area contributed by atoms with E-state index in [1.54, 1.807) is 0 Å². The molecule has 0 radical (unpaired) electrons. The highest BCUT2D eigenvalue weighted by Gasteiger charge is 2.22. The Morgan fingerprint density at radius 3 is 1.49 bits per heavy atom. The Bertz CT molecular complexity index is 2980. The van der Waals surface area contributed by atoms with Gasteiger partial charge in [0.2, 0.25) is 0 Å². The number of para-hydroxylation sites is 4. The minimum atomic E-state index is 0.826. The summed E-state index contributed by atoms with van der Waals surface area (Å²) in [6.45, 7) is 0. The summed E-state index contributed by atoms with van der Waals surface area (Å²) in [7, 11) is 0. The monoisotopic (exact) mass is 601 g/mol. The predicted octanol–water partition coefficient (Wildman–Crippen LogP) is 12.4. The van der Waals surface area contributed by atoms with Gasteiger partial charge >= 0.3 is 0 Å². The summed E-state index contributed by atoms with van der Waals surface area (Å²) in [5, 5.41) is 9.80. The second kappa shape index (κ2) is 9.09. The fourth-order valence-corrected chi connectivity index (χ4v) is 7.53. The zero-order valence-electron chi connectivity index (χ0n) is 25.0. The molecule has 11 aromatic rings. The average Bonchev–Trinajstić information content (AvgIpc) is 3.81. The number of pyridine rings is 1. The van der Waals surface area contributed by atoms with Gasteiger partial charge in [0, 0.05) is 54.0 Å². The number of nitrogens with zero attached hydrogens (tertiary/aromatic N) is 1. The molecular formula is C43H23NO3. The van der Waals surface area contributed by atoms with Crippen LogP contribution >= 0.6 is 0 Å². The van der Waals surface area contributed by atoms with Crippen molar-refractivity contribution in [1.82, 2.24) is 4.98 Å². The highest BCUT2D eigenvalue weighted by atomic mass is 16.3. The molecule has 0 aliphatic heterocycles. The Hall–Kier alpha value is -6.39. The zero-order chi connectivity index (χ0) is 30.6. The molecule has 4 heterocycles. The summed E-state index contributed by atoms with van der Waals surface area (Å²) < 4.78 is 19.6. The van der Waals surface area contributed by atoms with E-state index in [4.69, 9.17) is 18.2 Å². The van der Waals surface area contributed by atoms with Crippen molar-refractivity contribution in [2.24, 2.45) is 0 Å². The molecule has 4 heteroatoms. The number of benzene rings is 7. The van der Waals surface area contributed by atoms with Crippen LogP contribution in [0.1, 0.15) is 0 Å². The number of rotatable bonds is 2. The lowest BCUT2D eigenvalue weighted by atomic mass is 9.95. The van der Waals surface area contributed by atoms with Crippen molar-refractivity contribution in [3.63, 3.8) is 0 Å². The van der Waals surface area contributed by atoms with Gasteiger partial charge in [0.15, 0.2) is 0 Å². The van der Waals surface area contributed by atoms with Crippen LogP contribution in [0.15, 0.2) is 153 Å². The molecule has 4 nitrogen and oxygen atoms in total. The van der Waals surface area contributed by atoms with E-state index in [-0.39, 0.29) is 0 Å². The number of aromatic nitrogens is 1. The standard InChI is InChI=1S/C43H23NO3/c1-5-13-34-30(12-1)39-31(22-21-29-26-9-2-6-14-35(26)45-41(29)39)40(44-34)25-19-17-24(18-20-25)38-42-32(27-10-3-7-15-36(27)46-42)23-33-28-11-4-8-16-37(28)47-43(33)38/h1-23H. The van der Waals surface area contributed by atoms with Gasteiger partial charge in [-0.25, -0.2) is 4.98 Å². The van der Waals surface area contributed by atoms with Crippen LogP contribution in [-0.2, 0) is 0 Å². The van der Waals surface area contributed by atoms with Gasteiger partial charge in [0.25, 0.3) is 0 Å². The van der Waals surface area contributed by atoms with Crippen LogP contribution in [0.3, 0.4) is 0 Å². The average molecular weight is 602 g/mol. The molecule has 0 unspecified atom stereocenters. The maximum atomic E-state index is 6.55. The SMILES string of the molecule is c1ccc2c(c1)nc(-c1ccc(-c3c4oc5ccccc5c4cc4c3oc3ccccc34)cc1)c1ccc3c4ccccc4oc3c12. The van der Waals surface area contributed by atoms with Crippen molar-refractivity contribution in [2.45, 2.75) is 0 Å². The normalized spacial score (nSPS) is 12.3. The predicted molar refractivity (Wildman–Crippen MR) is 192 cm³/mol. The van der Waals surface area contributed by atoms with Crippen LogP contribution in [0.2, 0.25) is 0 Å². The van der Waals surface area contributed by atoms with Gasteiger partial charge in [-0.1, -0.05) is 103 Å². The van der Waals surface area contributed by atoms with Gasteiger partial charge in [-0.3, -0.25) is 0 Å². The van der Waals surface area contributed by atoms with Gasteiger partial charge in [-0.05, 0) is 42.0 Å². The van der Waals surface area contributed by atoms with Gasteiger partial charge in [0.05, 0.1) is 16.8 Å².